The number of carbonyl (C=O) groups is 1. The summed E-state index contributed by atoms with van der Waals surface area (Å²) in [6.45, 7) is 2.04. The van der Waals surface area contributed by atoms with Crippen LogP contribution in [0.2, 0.25) is 5.02 Å². The van der Waals surface area contributed by atoms with Crippen LogP contribution in [0.5, 0.6) is 0 Å². The van der Waals surface area contributed by atoms with E-state index in [-0.39, 0.29) is 11.4 Å². The van der Waals surface area contributed by atoms with Crippen LogP contribution in [0.25, 0.3) is 0 Å². The molecule has 106 valence electrons. The number of amides is 1. The van der Waals surface area contributed by atoms with E-state index in [0.717, 1.165) is 11.3 Å². The third kappa shape index (κ3) is 4.38. The van der Waals surface area contributed by atoms with E-state index in [4.69, 9.17) is 11.6 Å². The third-order valence-electron chi connectivity index (χ3n) is 2.99. The molecule has 1 N–H and O–H groups in total. The molecule has 0 aromatic heterocycles. The Labute approximate surface area is 140 Å². The summed E-state index contributed by atoms with van der Waals surface area (Å²) in [5, 5.41) is 4.91. The largest absolute Gasteiger partial charge is 0.345 e. The Hall–Kier alpha value is 0.290. The van der Waals surface area contributed by atoms with E-state index in [1.54, 1.807) is 17.8 Å². The predicted octanol–water partition coefficient (Wildman–Crippen LogP) is 4.73. The second-order valence-electron chi connectivity index (χ2n) is 4.20. The van der Waals surface area contributed by atoms with E-state index >= 15 is 0 Å². The second-order valence-corrected chi connectivity index (χ2v) is 6.61. The number of hydrogen-bond acceptors (Lipinski definition) is 2. The Bertz CT molecular complexity index is 444. The van der Waals surface area contributed by atoms with Crippen molar-refractivity contribution in [3.63, 3.8) is 0 Å². The van der Waals surface area contributed by atoms with Crippen molar-refractivity contribution in [3.05, 3.63) is 28.8 Å². The van der Waals surface area contributed by atoms with Gasteiger partial charge in [-0.25, -0.2) is 0 Å². The maximum Gasteiger partial charge on any atom is 0.253 e. The molecular formula is C13H16Br2ClNOS. The van der Waals surface area contributed by atoms with Crippen molar-refractivity contribution < 1.29 is 4.79 Å². The Balaban J connectivity index is 3.00. The van der Waals surface area contributed by atoms with Crippen molar-refractivity contribution >= 4 is 61.1 Å². The highest BCUT2D eigenvalue weighted by Crippen LogP contribution is 2.24. The van der Waals surface area contributed by atoms with Gasteiger partial charge in [0.2, 0.25) is 0 Å². The Morgan fingerprint density at radius 2 is 2.05 bits per heavy atom. The smallest absolute Gasteiger partial charge is 0.253 e. The molecule has 19 heavy (non-hydrogen) atoms. The predicted molar refractivity (Wildman–Crippen MR) is 91.3 cm³/mol. The van der Waals surface area contributed by atoms with Crippen molar-refractivity contribution in [2.45, 2.75) is 23.8 Å². The molecule has 0 fully saturated rings. The lowest BCUT2D eigenvalue weighted by molar-refractivity contribution is 0.0915. The first-order chi connectivity index (χ1) is 9.01. The molecule has 0 spiro atoms. The third-order valence-corrected chi connectivity index (χ3v) is 6.19. The number of hydrogen-bond donors (Lipinski definition) is 1. The molecule has 0 heterocycles. The summed E-state index contributed by atoms with van der Waals surface area (Å²) in [6.07, 6.45) is 2.80. The molecule has 2 nitrogen and oxygen atoms in total. The molecule has 1 amide bonds. The second kappa shape index (κ2) is 7.91. The first-order valence-corrected chi connectivity index (χ1v) is 9.64. The maximum absolute atomic E-state index is 12.4. The first kappa shape index (κ1) is 17.3. The molecule has 0 atom stereocenters. The maximum atomic E-state index is 12.4. The average Bonchev–Trinajstić information content (AvgIpc) is 2.45. The van der Waals surface area contributed by atoms with Gasteiger partial charge in [0, 0.05) is 15.6 Å². The number of thioether (sulfide) groups is 1. The zero-order valence-electron chi connectivity index (χ0n) is 10.8. The van der Waals surface area contributed by atoms with Gasteiger partial charge in [0.25, 0.3) is 5.91 Å². The summed E-state index contributed by atoms with van der Waals surface area (Å²) < 4.78 is 0. The Morgan fingerprint density at radius 3 is 2.53 bits per heavy atom. The van der Waals surface area contributed by atoms with Crippen molar-refractivity contribution in [1.29, 1.82) is 0 Å². The fraction of sp³-hybridized carbons (Fsp3) is 0.462. The highest BCUT2D eigenvalue weighted by molar-refractivity contribution is 9.09. The lowest BCUT2D eigenvalue weighted by Crippen LogP contribution is -2.51. The zero-order chi connectivity index (χ0) is 14.5. The number of carbonyl (C=O) groups excluding carboxylic acids is 1. The van der Waals surface area contributed by atoms with E-state index in [0.29, 0.717) is 21.2 Å². The summed E-state index contributed by atoms with van der Waals surface area (Å²) in [5.74, 6) is -0.137. The molecule has 0 bridgehead atoms. The first-order valence-electron chi connectivity index (χ1n) is 5.80. The van der Waals surface area contributed by atoms with Gasteiger partial charge in [-0.3, -0.25) is 4.79 Å². The Morgan fingerprint density at radius 1 is 1.42 bits per heavy atom. The molecule has 0 saturated carbocycles. The Kier molecular flexibility index (Phi) is 7.22. The van der Waals surface area contributed by atoms with Crippen LogP contribution in [-0.4, -0.2) is 28.4 Å². The van der Waals surface area contributed by atoms with Crippen LogP contribution in [0, 0.1) is 0 Å². The lowest BCUT2D eigenvalue weighted by atomic mass is 10.0. The van der Waals surface area contributed by atoms with Gasteiger partial charge in [-0.2, -0.15) is 0 Å². The molecule has 0 aliphatic carbocycles. The highest BCUT2D eigenvalue weighted by Gasteiger charge is 2.28. The minimum atomic E-state index is -0.296. The van der Waals surface area contributed by atoms with Crippen LogP contribution >= 0.6 is 55.2 Å². The van der Waals surface area contributed by atoms with Crippen LogP contribution in [0.1, 0.15) is 23.7 Å². The fourth-order valence-electron chi connectivity index (χ4n) is 1.49. The molecule has 0 saturated heterocycles. The molecule has 1 aromatic rings. The molecule has 1 aromatic carbocycles. The molecular weight excluding hydrogens is 413 g/mol. The van der Waals surface area contributed by atoms with Crippen molar-refractivity contribution in [2.75, 3.05) is 16.9 Å². The number of nitrogens with one attached hydrogen (secondary N) is 1. The van der Waals surface area contributed by atoms with Crippen LogP contribution in [0.15, 0.2) is 23.1 Å². The topological polar surface area (TPSA) is 29.1 Å². The molecule has 0 radical (unpaired) electrons. The van der Waals surface area contributed by atoms with Crippen LogP contribution < -0.4 is 5.32 Å². The van der Waals surface area contributed by atoms with Gasteiger partial charge in [0.1, 0.15) is 0 Å². The monoisotopic (exact) mass is 427 g/mol. The van der Waals surface area contributed by atoms with E-state index < -0.39 is 0 Å². The van der Waals surface area contributed by atoms with Crippen molar-refractivity contribution in [2.24, 2.45) is 0 Å². The van der Waals surface area contributed by atoms with Crippen LogP contribution in [-0.2, 0) is 0 Å². The highest BCUT2D eigenvalue weighted by atomic mass is 79.9. The van der Waals surface area contributed by atoms with Gasteiger partial charge in [0.05, 0.1) is 16.1 Å². The molecule has 0 aliphatic heterocycles. The van der Waals surface area contributed by atoms with Gasteiger partial charge in [-0.1, -0.05) is 50.4 Å². The SMILES string of the molecule is CCC(CBr)(CBr)NC(=O)c1cc(SC)ccc1Cl. The molecule has 0 aliphatic rings. The summed E-state index contributed by atoms with van der Waals surface area (Å²) in [7, 11) is 0. The minimum absolute atomic E-state index is 0.137. The van der Waals surface area contributed by atoms with Gasteiger partial charge in [-0.05, 0) is 30.9 Å². The standard InChI is InChI=1S/C13H16Br2ClNOS/c1-3-13(7-14,8-15)17-12(18)10-6-9(19-2)4-5-11(10)16/h4-6H,3,7-8H2,1-2H3,(H,17,18). The van der Waals surface area contributed by atoms with Gasteiger partial charge < -0.3 is 5.32 Å². The van der Waals surface area contributed by atoms with Gasteiger partial charge >= 0.3 is 0 Å². The van der Waals surface area contributed by atoms with E-state index in [1.165, 1.54) is 0 Å². The summed E-state index contributed by atoms with van der Waals surface area (Å²) in [6, 6.07) is 5.50. The van der Waals surface area contributed by atoms with Gasteiger partial charge in [0.15, 0.2) is 0 Å². The van der Waals surface area contributed by atoms with Crippen LogP contribution in [0.4, 0.5) is 0 Å². The average molecular weight is 430 g/mol. The summed E-state index contributed by atoms with van der Waals surface area (Å²) in [4.78, 5) is 13.4. The minimum Gasteiger partial charge on any atom is -0.345 e. The van der Waals surface area contributed by atoms with Gasteiger partial charge in [-0.15, -0.1) is 11.8 Å². The number of halogens is 3. The molecule has 1 rings (SSSR count). The summed E-state index contributed by atoms with van der Waals surface area (Å²) >= 11 is 14.6. The number of rotatable bonds is 6. The zero-order valence-corrected chi connectivity index (χ0v) is 15.5. The number of benzene rings is 1. The summed E-state index contributed by atoms with van der Waals surface area (Å²) in [5.41, 5.74) is 0.226. The molecule has 0 unspecified atom stereocenters. The van der Waals surface area contributed by atoms with E-state index in [1.807, 2.05) is 25.3 Å². The molecule has 6 heteroatoms. The quantitative estimate of drug-likeness (QED) is 0.523. The van der Waals surface area contributed by atoms with Crippen molar-refractivity contribution in [1.82, 2.24) is 5.32 Å². The van der Waals surface area contributed by atoms with Crippen LogP contribution in [0.3, 0.4) is 0 Å². The lowest BCUT2D eigenvalue weighted by Gasteiger charge is -2.30. The normalized spacial score (nSPS) is 11.4. The van der Waals surface area contributed by atoms with E-state index in [9.17, 15) is 4.79 Å². The van der Waals surface area contributed by atoms with E-state index in [2.05, 4.69) is 37.2 Å². The number of alkyl halides is 2. The van der Waals surface area contributed by atoms with Crippen molar-refractivity contribution in [3.8, 4) is 0 Å². The fourth-order valence-corrected chi connectivity index (χ4v) is 4.14.